The Hall–Kier alpha value is -2.11. The van der Waals surface area contributed by atoms with Gasteiger partial charge in [0, 0.05) is 60.4 Å². The lowest BCUT2D eigenvalue weighted by Gasteiger charge is -2.34. The average molecular weight is 596 g/mol. The molecule has 3 aliphatic heterocycles. The van der Waals surface area contributed by atoms with Gasteiger partial charge in [-0.2, -0.15) is 5.10 Å². The molecule has 0 spiro atoms. The van der Waals surface area contributed by atoms with E-state index >= 15 is 0 Å². The van der Waals surface area contributed by atoms with E-state index in [1.807, 2.05) is 26.8 Å². The van der Waals surface area contributed by atoms with Gasteiger partial charge in [-0.05, 0) is 80.1 Å². The molecule has 2 aromatic rings. The van der Waals surface area contributed by atoms with Crippen molar-refractivity contribution in [1.29, 1.82) is 0 Å². The van der Waals surface area contributed by atoms with E-state index in [0.29, 0.717) is 37.2 Å². The van der Waals surface area contributed by atoms with Crippen LogP contribution in [-0.2, 0) is 38.7 Å². The fraction of sp³-hybridized carbons (Fsp3) is 0.615. The molecule has 202 valence electrons. The van der Waals surface area contributed by atoms with Gasteiger partial charge in [0.25, 0.3) is 0 Å². The predicted octanol–water partition coefficient (Wildman–Crippen LogP) is 4.78. The Morgan fingerprint density at radius 2 is 1.89 bits per heavy atom. The minimum Gasteiger partial charge on any atom is -0.444 e. The number of nitrogens with zero attached hydrogens (tertiary/aromatic N) is 4. The van der Waals surface area contributed by atoms with Crippen molar-refractivity contribution in [2.45, 2.75) is 76.0 Å². The molecule has 0 atom stereocenters. The molecule has 0 radical (unpaired) electrons. The summed E-state index contributed by atoms with van der Waals surface area (Å²) in [7, 11) is -3.42. The van der Waals surface area contributed by atoms with Crippen LogP contribution in [0.2, 0.25) is 0 Å². The van der Waals surface area contributed by atoms with E-state index in [9.17, 15) is 13.2 Å². The van der Waals surface area contributed by atoms with Crippen molar-refractivity contribution in [2.24, 2.45) is 0 Å². The third-order valence-corrected chi connectivity index (χ3v) is 9.22. The molecule has 1 saturated heterocycles. The lowest BCUT2D eigenvalue weighted by molar-refractivity contribution is 0.0221. The van der Waals surface area contributed by atoms with Gasteiger partial charge in [-0.1, -0.05) is 0 Å². The number of sulfone groups is 1. The standard InChI is InChI=1S/C26H35BrN4O5S/c1-26(2,3)36-25(32)29-11-7-21-19(16-29)24(28-31(21)18-8-12-35-13-9-18)30-10-5-6-17-14-20(27)23(15-22(17)30)37(4,33)34/h14-15,18H,5-13,16H2,1-4H3. The number of ether oxygens (including phenoxy) is 2. The van der Waals surface area contributed by atoms with Gasteiger partial charge in [-0.25, -0.2) is 13.2 Å². The quantitative estimate of drug-likeness (QED) is 0.505. The summed E-state index contributed by atoms with van der Waals surface area (Å²) in [5.41, 5.74) is 3.53. The number of rotatable bonds is 3. The van der Waals surface area contributed by atoms with Crippen LogP contribution in [-0.4, -0.2) is 67.4 Å². The molecule has 5 rings (SSSR count). The number of hydrogen-bond donors (Lipinski definition) is 0. The van der Waals surface area contributed by atoms with Crippen molar-refractivity contribution in [3.8, 4) is 0 Å². The summed E-state index contributed by atoms with van der Waals surface area (Å²) in [6.45, 7) is 8.72. The van der Waals surface area contributed by atoms with Crippen molar-refractivity contribution >= 4 is 43.4 Å². The van der Waals surface area contributed by atoms with Crippen LogP contribution in [0.4, 0.5) is 16.3 Å². The smallest absolute Gasteiger partial charge is 0.410 e. The minimum atomic E-state index is -3.42. The van der Waals surface area contributed by atoms with E-state index in [4.69, 9.17) is 14.6 Å². The van der Waals surface area contributed by atoms with Crippen LogP contribution >= 0.6 is 15.9 Å². The maximum absolute atomic E-state index is 13.0. The largest absolute Gasteiger partial charge is 0.444 e. The molecule has 1 aromatic carbocycles. The molecule has 11 heteroatoms. The molecule has 0 saturated carbocycles. The predicted molar refractivity (Wildman–Crippen MR) is 144 cm³/mol. The van der Waals surface area contributed by atoms with Crippen LogP contribution in [0, 0.1) is 0 Å². The first-order chi connectivity index (χ1) is 17.4. The molecule has 0 unspecified atom stereocenters. The molecule has 3 aliphatic rings. The first-order valence-electron chi connectivity index (χ1n) is 12.9. The second-order valence-corrected chi connectivity index (χ2v) is 14.0. The lowest BCUT2D eigenvalue weighted by atomic mass is 10.00. The molecular weight excluding hydrogens is 560 g/mol. The van der Waals surface area contributed by atoms with Crippen molar-refractivity contribution in [2.75, 3.05) is 37.5 Å². The van der Waals surface area contributed by atoms with Crippen LogP contribution in [0.25, 0.3) is 0 Å². The van der Waals surface area contributed by atoms with Gasteiger partial charge in [-0.3, -0.25) is 4.68 Å². The van der Waals surface area contributed by atoms with Crippen LogP contribution in [0.1, 0.15) is 62.9 Å². The molecule has 4 heterocycles. The summed E-state index contributed by atoms with van der Waals surface area (Å²) in [5, 5.41) is 5.17. The molecular formula is C26H35BrN4O5S. The zero-order valence-corrected chi connectivity index (χ0v) is 24.3. The number of fused-ring (bicyclic) bond motifs is 2. The number of halogens is 1. The molecule has 9 nitrogen and oxygen atoms in total. The lowest BCUT2D eigenvalue weighted by Crippen LogP contribution is -2.40. The zero-order valence-electron chi connectivity index (χ0n) is 21.9. The number of carbonyl (C=O) groups excluding carboxylic acids is 1. The first kappa shape index (κ1) is 26.5. The summed E-state index contributed by atoms with van der Waals surface area (Å²) in [5.74, 6) is 0.803. The van der Waals surface area contributed by atoms with Gasteiger partial charge in [0.2, 0.25) is 0 Å². The normalized spacial score (nSPS) is 18.9. The number of benzene rings is 1. The van der Waals surface area contributed by atoms with E-state index < -0.39 is 15.4 Å². The second-order valence-electron chi connectivity index (χ2n) is 11.1. The summed E-state index contributed by atoms with van der Waals surface area (Å²) in [4.78, 5) is 17.2. The molecule has 0 N–H and O–H groups in total. The molecule has 1 fully saturated rings. The van der Waals surface area contributed by atoms with E-state index in [1.165, 1.54) is 6.26 Å². The summed E-state index contributed by atoms with van der Waals surface area (Å²) >= 11 is 3.46. The number of amides is 1. The highest BCUT2D eigenvalue weighted by Crippen LogP contribution is 2.42. The third kappa shape index (κ3) is 5.40. The van der Waals surface area contributed by atoms with Crippen molar-refractivity contribution in [3.63, 3.8) is 0 Å². The molecule has 1 aromatic heterocycles. The van der Waals surface area contributed by atoms with Gasteiger partial charge in [-0.15, -0.1) is 0 Å². The van der Waals surface area contributed by atoms with Crippen LogP contribution in [0.15, 0.2) is 21.5 Å². The van der Waals surface area contributed by atoms with Gasteiger partial charge < -0.3 is 19.3 Å². The molecule has 37 heavy (non-hydrogen) atoms. The Kier molecular flexibility index (Phi) is 7.08. The van der Waals surface area contributed by atoms with E-state index in [1.54, 1.807) is 11.0 Å². The summed E-state index contributed by atoms with van der Waals surface area (Å²) < 4.78 is 39.1. The Morgan fingerprint density at radius 3 is 2.57 bits per heavy atom. The summed E-state index contributed by atoms with van der Waals surface area (Å²) in [6.07, 6.45) is 5.16. The number of hydrogen-bond acceptors (Lipinski definition) is 7. The fourth-order valence-electron chi connectivity index (χ4n) is 5.45. The molecule has 1 amide bonds. The van der Waals surface area contributed by atoms with Gasteiger partial charge in [0.15, 0.2) is 15.7 Å². The average Bonchev–Trinajstić information content (AvgIpc) is 3.20. The van der Waals surface area contributed by atoms with Crippen molar-refractivity contribution in [1.82, 2.24) is 14.7 Å². The SMILES string of the molecule is CC(C)(C)OC(=O)N1CCc2c(c(N3CCCc4cc(Br)c(S(C)(=O)=O)cc43)nn2C2CCOCC2)C1. The van der Waals surface area contributed by atoms with Crippen LogP contribution in [0.5, 0.6) is 0 Å². The number of aromatic nitrogens is 2. The maximum Gasteiger partial charge on any atom is 0.410 e. The van der Waals surface area contributed by atoms with E-state index in [2.05, 4.69) is 25.5 Å². The molecule has 0 aliphatic carbocycles. The van der Waals surface area contributed by atoms with Gasteiger partial charge >= 0.3 is 6.09 Å². The Morgan fingerprint density at radius 1 is 1.16 bits per heavy atom. The van der Waals surface area contributed by atoms with E-state index in [0.717, 1.165) is 60.6 Å². The number of aryl methyl sites for hydroxylation is 1. The minimum absolute atomic E-state index is 0.241. The van der Waals surface area contributed by atoms with Gasteiger partial charge in [0.1, 0.15) is 5.60 Å². The highest BCUT2D eigenvalue weighted by atomic mass is 79.9. The fourth-order valence-corrected chi connectivity index (χ4v) is 7.46. The first-order valence-corrected chi connectivity index (χ1v) is 15.6. The highest BCUT2D eigenvalue weighted by Gasteiger charge is 2.35. The third-order valence-electron chi connectivity index (χ3n) is 7.16. The summed E-state index contributed by atoms with van der Waals surface area (Å²) in [6, 6.07) is 3.93. The zero-order chi connectivity index (χ0) is 26.5. The highest BCUT2D eigenvalue weighted by molar-refractivity contribution is 9.10. The maximum atomic E-state index is 13.0. The monoisotopic (exact) mass is 594 g/mol. The Labute approximate surface area is 227 Å². The topological polar surface area (TPSA) is 94.0 Å². The molecule has 0 bridgehead atoms. The van der Waals surface area contributed by atoms with Crippen LogP contribution < -0.4 is 4.90 Å². The van der Waals surface area contributed by atoms with E-state index in [-0.39, 0.29) is 17.0 Å². The van der Waals surface area contributed by atoms with Gasteiger partial charge in [0.05, 0.1) is 17.5 Å². The Bertz CT molecular complexity index is 1310. The van der Waals surface area contributed by atoms with Crippen LogP contribution in [0.3, 0.4) is 0 Å². The Balaban J connectivity index is 1.59. The van der Waals surface area contributed by atoms with Crippen molar-refractivity contribution in [3.05, 3.63) is 33.4 Å². The van der Waals surface area contributed by atoms with Crippen molar-refractivity contribution < 1.29 is 22.7 Å². The number of anilines is 2. The number of carbonyl (C=O) groups is 1. The second kappa shape index (κ2) is 9.89.